The summed E-state index contributed by atoms with van der Waals surface area (Å²) in [6, 6.07) is 25.3. The van der Waals surface area contributed by atoms with E-state index in [1.165, 1.54) is 17.3 Å². The number of para-hydroxylation sites is 1. The normalized spacial score (nSPS) is 12.3. The predicted octanol–water partition coefficient (Wildman–Crippen LogP) is 5.86. The van der Waals surface area contributed by atoms with Gasteiger partial charge in [0.1, 0.15) is 0 Å². The summed E-state index contributed by atoms with van der Waals surface area (Å²) in [7, 11) is 0. The number of benzene rings is 3. The highest BCUT2D eigenvalue weighted by atomic mass is 35.5. The molecule has 0 aliphatic rings. The summed E-state index contributed by atoms with van der Waals surface area (Å²) in [5, 5.41) is 17.3. The smallest absolute Gasteiger partial charge is 0.253 e. The Bertz CT molecular complexity index is 1340. The summed E-state index contributed by atoms with van der Waals surface area (Å²) in [6.07, 6.45) is 0. The Kier molecular flexibility index (Phi) is 8.40. The first-order chi connectivity index (χ1) is 17.4. The molecule has 2 N–H and O–H groups in total. The fourth-order valence-corrected chi connectivity index (χ4v) is 4.38. The molecule has 1 heterocycles. The summed E-state index contributed by atoms with van der Waals surface area (Å²) < 4.78 is 1.96. The molecule has 0 radical (unpaired) electrons. The average Bonchev–Trinajstić information content (AvgIpc) is 3.29. The van der Waals surface area contributed by atoms with E-state index in [1.54, 1.807) is 0 Å². The van der Waals surface area contributed by atoms with Crippen molar-refractivity contribution in [1.29, 1.82) is 0 Å². The standard InChI is InChI=1S/C27H27ClN6OS/c1-18-9-11-21(12-10-18)19(2)30-32-26(35)20(3)36-27-33-31-25(34(27)24-7-5-4-6-8-24)17-29-23-15-13-22(28)14-16-23/h4-16,20,29H,17H2,1-3H3,(H,32,35)/b30-19-/t20-/m1/s1. The van der Waals surface area contributed by atoms with Crippen molar-refractivity contribution >= 4 is 40.7 Å². The van der Waals surface area contributed by atoms with E-state index >= 15 is 0 Å². The predicted molar refractivity (Wildman–Crippen MR) is 147 cm³/mol. The molecule has 1 atom stereocenters. The Hall–Kier alpha value is -3.62. The molecule has 7 nitrogen and oxygen atoms in total. The second-order valence-corrected chi connectivity index (χ2v) is 9.97. The number of anilines is 1. The lowest BCUT2D eigenvalue weighted by molar-refractivity contribution is -0.120. The SMILES string of the molecule is C/C(=N/NC(=O)[C@@H](C)Sc1nnc(CNc2ccc(Cl)cc2)n1-c1ccccc1)c1ccc(C)cc1. The van der Waals surface area contributed by atoms with Gasteiger partial charge in [0.25, 0.3) is 5.91 Å². The van der Waals surface area contributed by atoms with Crippen molar-refractivity contribution in [2.45, 2.75) is 37.7 Å². The lowest BCUT2D eigenvalue weighted by Crippen LogP contribution is -2.28. The first-order valence-corrected chi connectivity index (χ1v) is 12.7. The van der Waals surface area contributed by atoms with Crippen LogP contribution in [0.5, 0.6) is 0 Å². The highest BCUT2D eigenvalue weighted by molar-refractivity contribution is 8.00. The topological polar surface area (TPSA) is 84.2 Å². The fourth-order valence-electron chi connectivity index (χ4n) is 3.38. The van der Waals surface area contributed by atoms with Crippen LogP contribution in [0, 0.1) is 6.92 Å². The van der Waals surface area contributed by atoms with Crippen LogP contribution < -0.4 is 10.7 Å². The number of halogens is 1. The maximum absolute atomic E-state index is 12.8. The summed E-state index contributed by atoms with van der Waals surface area (Å²) in [6.45, 7) is 6.18. The third-order valence-corrected chi connectivity index (χ3v) is 6.76. The molecule has 9 heteroatoms. The largest absolute Gasteiger partial charge is 0.378 e. The zero-order valence-corrected chi connectivity index (χ0v) is 21.8. The van der Waals surface area contributed by atoms with E-state index < -0.39 is 5.25 Å². The molecule has 0 spiro atoms. The van der Waals surface area contributed by atoms with Gasteiger partial charge in [-0.15, -0.1) is 10.2 Å². The molecule has 0 bridgehead atoms. The van der Waals surface area contributed by atoms with E-state index in [0.29, 0.717) is 16.7 Å². The van der Waals surface area contributed by atoms with Crippen LogP contribution in [-0.4, -0.2) is 31.6 Å². The Labute approximate surface area is 220 Å². The van der Waals surface area contributed by atoms with Gasteiger partial charge in [0.15, 0.2) is 11.0 Å². The molecule has 36 heavy (non-hydrogen) atoms. The van der Waals surface area contributed by atoms with Crippen LogP contribution >= 0.6 is 23.4 Å². The van der Waals surface area contributed by atoms with Gasteiger partial charge in [0, 0.05) is 16.4 Å². The minimum atomic E-state index is -0.441. The van der Waals surface area contributed by atoms with Crippen molar-refractivity contribution in [3.05, 3.63) is 101 Å². The fraction of sp³-hybridized carbons (Fsp3) is 0.185. The monoisotopic (exact) mass is 518 g/mol. The summed E-state index contributed by atoms with van der Waals surface area (Å²) in [5.41, 5.74) is 7.39. The molecule has 184 valence electrons. The number of nitrogens with zero attached hydrogens (tertiary/aromatic N) is 4. The number of rotatable bonds is 9. The number of aromatic nitrogens is 3. The Morgan fingerprint density at radius 2 is 1.72 bits per heavy atom. The number of aryl methyl sites for hydroxylation is 1. The second kappa shape index (κ2) is 11.9. The van der Waals surface area contributed by atoms with Crippen LogP contribution in [0.15, 0.2) is 89.1 Å². The Balaban J connectivity index is 1.48. The van der Waals surface area contributed by atoms with Gasteiger partial charge >= 0.3 is 0 Å². The maximum Gasteiger partial charge on any atom is 0.253 e. The lowest BCUT2D eigenvalue weighted by Gasteiger charge is -2.13. The molecule has 1 amide bonds. The number of carbonyl (C=O) groups is 1. The van der Waals surface area contributed by atoms with Gasteiger partial charge in [0.05, 0.1) is 17.5 Å². The number of hydrogen-bond donors (Lipinski definition) is 2. The van der Waals surface area contributed by atoms with Gasteiger partial charge in [0.2, 0.25) is 0 Å². The average molecular weight is 519 g/mol. The van der Waals surface area contributed by atoms with E-state index in [1.807, 2.05) is 104 Å². The first-order valence-electron chi connectivity index (χ1n) is 11.5. The van der Waals surface area contributed by atoms with Gasteiger partial charge in [-0.3, -0.25) is 9.36 Å². The second-order valence-electron chi connectivity index (χ2n) is 8.23. The summed E-state index contributed by atoms with van der Waals surface area (Å²) >= 11 is 7.32. The number of thioether (sulfide) groups is 1. The van der Waals surface area contributed by atoms with Gasteiger partial charge in [-0.2, -0.15) is 5.10 Å². The van der Waals surface area contributed by atoms with Crippen LogP contribution in [0.4, 0.5) is 5.69 Å². The van der Waals surface area contributed by atoms with Crippen LogP contribution in [-0.2, 0) is 11.3 Å². The van der Waals surface area contributed by atoms with E-state index in [2.05, 4.69) is 26.0 Å². The summed E-state index contributed by atoms with van der Waals surface area (Å²) in [5.74, 6) is 0.509. The molecule has 3 aromatic carbocycles. The molecule has 0 aliphatic heterocycles. The number of hydrogen-bond acceptors (Lipinski definition) is 6. The third-order valence-electron chi connectivity index (χ3n) is 5.46. The molecule has 4 rings (SSSR count). The van der Waals surface area contributed by atoms with E-state index in [-0.39, 0.29) is 5.91 Å². The molecule has 0 fully saturated rings. The third kappa shape index (κ3) is 6.53. The van der Waals surface area contributed by atoms with Crippen molar-refractivity contribution in [3.63, 3.8) is 0 Å². The number of carbonyl (C=O) groups excluding carboxylic acids is 1. The molecular formula is C27H27ClN6OS. The van der Waals surface area contributed by atoms with Gasteiger partial charge in [-0.25, -0.2) is 5.43 Å². The van der Waals surface area contributed by atoms with Gasteiger partial charge in [-0.05, 0) is 62.7 Å². The zero-order valence-electron chi connectivity index (χ0n) is 20.3. The number of nitrogens with one attached hydrogen (secondary N) is 2. The van der Waals surface area contributed by atoms with Crippen molar-refractivity contribution in [3.8, 4) is 5.69 Å². The van der Waals surface area contributed by atoms with Crippen LogP contribution in [0.2, 0.25) is 5.02 Å². The maximum atomic E-state index is 12.8. The minimum absolute atomic E-state index is 0.213. The molecular weight excluding hydrogens is 492 g/mol. The quantitative estimate of drug-likeness (QED) is 0.165. The Morgan fingerprint density at radius 3 is 2.42 bits per heavy atom. The van der Waals surface area contributed by atoms with Crippen LogP contribution in [0.1, 0.15) is 30.8 Å². The minimum Gasteiger partial charge on any atom is -0.378 e. The molecule has 0 unspecified atom stereocenters. The van der Waals surface area contributed by atoms with Crippen molar-refractivity contribution in [2.75, 3.05) is 5.32 Å². The van der Waals surface area contributed by atoms with Crippen LogP contribution in [0.3, 0.4) is 0 Å². The molecule has 4 aromatic rings. The molecule has 0 saturated heterocycles. The zero-order chi connectivity index (χ0) is 25.5. The highest BCUT2D eigenvalue weighted by Crippen LogP contribution is 2.26. The lowest BCUT2D eigenvalue weighted by atomic mass is 10.1. The molecule has 0 saturated carbocycles. The number of amides is 1. The highest BCUT2D eigenvalue weighted by Gasteiger charge is 2.21. The van der Waals surface area contributed by atoms with Gasteiger partial charge < -0.3 is 5.32 Å². The van der Waals surface area contributed by atoms with Crippen molar-refractivity contribution in [2.24, 2.45) is 5.10 Å². The molecule has 1 aromatic heterocycles. The van der Waals surface area contributed by atoms with Crippen molar-refractivity contribution in [1.82, 2.24) is 20.2 Å². The van der Waals surface area contributed by atoms with E-state index in [4.69, 9.17) is 11.6 Å². The van der Waals surface area contributed by atoms with Gasteiger partial charge in [-0.1, -0.05) is 71.4 Å². The van der Waals surface area contributed by atoms with Crippen LogP contribution in [0.25, 0.3) is 5.69 Å². The Morgan fingerprint density at radius 1 is 1.03 bits per heavy atom. The van der Waals surface area contributed by atoms with E-state index in [9.17, 15) is 4.79 Å². The van der Waals surface area contributed by atoms with Crippen molar-refractivity contribution < 1.29 is 4.79 Å². The summed E-state index contributed by atoms with van der Waals surface area (Å²) in [4.78, 5) is 12.8. The first kappa shape index (κ1) is 25.5. The van der Waals surface area contributed by atoms with E-state index in [0.717, 1.165) is 28.5 Å². The number of hydrazone groups is 1. The molecule has 0 aliphatic carbocycles.